The summed E-state index contributed by atoms with van der Waals surface area (Å²) in [5.74, 6) is 5.06. The van der Waals surface area contributed by atoms with Crippen molar-refractivity contribution < 1.29 is 15.0 Å². The number of rotatable bonds is 12. The van der Waals surface area contributed by atoms with Gasteiger partial charge in [0.15, 0.2) is 0 Å². The Hall–Kier alpha value is -1.03. The first-order valence-electron chi connectivity index (χ1n) is 16.4. The number of amides is 1. The minimum atomic E-state index is -0.747. The number of fused-ring (bicyclic) bond motifs is 5. The molecule has 0 aliphatic heterocycles. The third-order valence-electron chi connectivity index (χ3n) is 12.3. The molecule has 38 heavy (non-hydrogen) atoms. The van der Waals surface area contributed by atoms with E-state index >= 15 is 0 Å². The molecule has 0 heterocycles. The molecule has 4 aliphatic carbocycles. The quantitative estimate of drug-likeness (QED) is 0.196. The van der Waals surface area contributed by atoms with Crippen molar-refractivity contribution >= 4 is 6.09 Å². The van der Waals surface area contributed by atoms with Gasteiger partial charge in [-0.25, -0.2) is 4.79 Å². The first kappa shape index (κ1) is 29.9. The molecular formula is C34H59NO3. The summed E-state index contributed by atoms with van der Waals surface area (Å²) in [5, 5.41) is 19.0. The average molecular weight is 530 g/mol. The van der Waals surface area contributed by atoms with Crippen molar-refractivity contribution in [3.63, 3.8) is 0 Å². The monoisotopic (exact) mass is 529 g/mol. The van der Waals surface area contributed by atoms with Gasteiger partial charge in [0.05, 0.1) is 0 Å². The molecule has 4 nitrogen and oxygen atoms in total. The first-order chi connectivity index (χ1) is 18.1. The van der Waals surface area contributed by atoms with E-state index in [0.29, 0.717) is 12.0 Å². The fraction of sp³-hybridized carbons (Fsp3) is 0.912. The Labute approximate surface area is 234 Å². The zero-order valence-corrected chi connectivity index (χ0v) is 25.4. The van der Waals surface area contributed by atoms with Crippen LogP contribution in [0.2, 0.25) is 0 Å². The Balaban J connectivity index is 1.41. The van der Waals surface area contributed by atoms with Gasteiger partial charge >= 0.3 is 6.09 Å². The number of nitrogens with zero attached hydrogens (tertiary/aromatic N) is 1. The minimum absolute atomic E-state index is 0.137. The van der Waals surface area contributed by atoms with Gasteiger partial charge < -0.3 is 15.1 Å². The molecule has 4 aliphatic rings. The van der Waals surface area contributed by atoms with Gasteiger partial charge in [-0.1, -0.05) is 78.4 Å². The maximum atomic E-state index is 12.2. The van der Waals surface area contributed by atoms with Crippen LogP contribution < -0.4 is 0 Å². The second-order valence-electron chi connectivity index (χ2n) is 14.8. The maximum Gasteiger partial charge on any atom is 0.407 e. The number of aliphatic hydroxyl groups is 1. The van der Waals surface area contributed by atoms with E-state index in [0.717, 1.165) is 80.5 Å². The molecule has 4 heteroatoms. The van der Waals surface area contributed by atoms with E-state index < -0.39 is 6.09 Å². The summed E-state index contributed by atoms with van der Waals surface area (Å²) >= 11 is 0. The van der Waals surface area contributed by atoms with Crippen molar-refractivity contribution in [2.45, 2.75) is 137 Å². The van der Waals surface area contributed by atoms with E-state index in [1.54, 1.807) is 10.5 Å². The number of aliphatic hydroxyl groups excluding tert-OH is 1. The number of allylic oxidation sites excluding steroid dienone is 1. The maximum absolute atomic E-state index is 12.2. The topological polar surface area (TPSA) is 60.8 Å². The second kappa shape index (κ2) is 12.6. The third-order valence-corrected chi connectivity index (χ3v) is 12.3. The molecule has 0 aromatic rings. The summed E-state index contributed by atoms with van der Waals surface area (Å²) in [6.07, 6.45) is 19.7. The lowest BCUT2D eigenvalue weighted by atomic mass is 9.46. The van der Waals surface area contributed by atoms with Gasteiger partial charge in [-0.3, -0.25) is 0 Å². The van der Waals surface area contributed by atoms with Crippen molar-refractivity contribution in [1.29, 1.82) is 0 Å². The van der Waals surface area contributed by atoms with E-state index in [9.17, 15) is 9.90 Å². The molecule has 4 rings (SSSR count). The lowest BCUT2D eigenvalue weighted by molar-refractivity contribution is -0.0541. The first-order valence-corrected chi connectivity index (χ1v) is 16.4. The Kier molecular flexibility index (Phi) is 9.97. The Morgan fingerprint density at radius 3 is 2.45 bits per heavy atom. The minimum Gasteiger partial charge on any atom is -0.465 e. The Morgan fingerprint density at radius 1 is 0.974 bits per heavy atom. The summed E-state index contributed by atoms with van der Waals surface area (Å²) in [6, 6.07) is 0.137. The van der Waals surface area contributed by atoms with Gasteiger partial charge in [0.25, 0.3) is 0 Å². The molecule has 218 valence electrons. The van der Waals surface area contributed by atoms with Crippen LogP contribution in [0, 0.1) is 46.3 Å². The number of hydrogen-bond acceptors (Lipinski definition) is 2. The second-order valence-corrected chi connectivity index (χ2v) is 14.8. The molecule has 0 aromatic carbocycles. The standard InChI is InChI=1S/C34H59NO3/c1-24(2)11-10-12-25(3)29-15-16-30-28-14-13-26-23-27(35(32(37)38)21-8-6-7-9-22-36)17-19-33(26,4)31(28)18-20-34(29,30)5/h13,24-25,27-31,36H,6-12,14-23H2,1-5H3,(H,37,38)/t25-,27+,28+,29-,30+,31+,33+,34-/m1/s1. The van der Waals surface area contributed by atoms with Crippen LogP contribution in [0.15, 0.2) is 11.6 Å². The van der Waals surface area contributed by atoms with Gasteiger partial charge in [-0.05, 0) is 111 Å². The van der Waals surface area contributed by atoms with Gasteiger partial charge in [0.1, 0.15) is 0 Å². The van der Waals surface area contributed by atoms with Crippen molar-refractivity contribution in [2.24, 2.45) is 46.3 Å². The van der Waals surface area contributed by atoms with Crippen molar-refractivity contribution in [2.75, 3.05) is 13.2 Å². The Bertz CT molecular complexity index is 823. The van der Waals surface area contributed by atoms with Crippen LogP contribution in [0.1, 0.15) is 131 Å². The summed E-state index contributed by atoms with van der Waals surface area (Å²) in [6.45, 7) is 13.4. The molecule has 0 aromatic heterocycles. The summed E-state index contributed by atoms with van der Waals surface area (Å²) in [4.78, 5) is 14.0. The van der Waals surface area contributed by atoms with E-state index in [4.69, 9.17) is 5.11 Å². The molecule has 8 atom stereocenters. The highest BCUT2D eigenvalue weighted by atomic mass is 16.4. The summed E-state index contributed by atoms with van der Waals surface area (Å²) in [7, 11) is 0. The number of carboxylic acid groups (broad SMARTS) is 1. The van der Waals surface area contributed by atoms with E-state index in [1.165, 1.54) is 51.4 Å². The van der Waals surface area contributed by atoms with Gasteiger partial charge in [-0.15, -0.1) is 0 Å². The summed E-state index contributed by atoms with van der Waals surface area (Å²) in [5.41, 5.74) is 2.38. The fourth-order valence-electron chi connectivity index (χ4n) is 10.1. The molecule has 0 unspecified atom stereocenters. The molecular weight excluding hydrogens is 470 g/mol. The lowest BCUT2D eigenvalue weighted by Gasteiger charge is -2.59. The SMILES string of the molecule is CC(C)CCC[C@@H](C)[C@H]1CC[C@H]2[C@@H]3CC=C4C[C@@H](N(CCCCCCO)C(=O)O)CC[C@]4(C)[C@H]3CC[C@]12C. The van der Waals surface area contributed by atoms with Crippen molar-refractivity contribution in [3.8, 4) is 0 Å². The van der Waals surface area contributed by atoms with Gasteiger partial charge in [0, 0.05) is 19.2 Å². The van der Waals surface area contributed by atoms with Crippen LogP contribution in [0.25, 0.3) is 0 Å². The molecule has 3 saturated carbocycles. The fourth-order valence-corrected chi connectivity index (χ4v) is 10.1. The number of unbranched alkanes of at least 4 members (excludes halogenated alkanes) is 3. The van der Waals surface area contributed by atoms with Crippen LogP contribution in [0.5, 0.6) is 0 Å². The normalized spacial score (nSPS) is 37.2. The zero-order valence-electron chi connectivity index (χ0n) is 25.4. The molecule has 1 amide bonds. The third kappa shape index (κ3) is 6.01. The largest absolute Gasteiger partial charge is 0.465 e. The number of carbonyl (C=O) groups is 1. The van der Waals surface area contributed by atoms with Crippen LogP contribution >= 0.6 is 0 Å². The van der Waals surface area contributed by atoms with E-state index in [-0.39, 0.29) is 18.1 Å². The molecule has 0 radical (unpaired) electrons. The van der Waals surface area contributed by atoms with E-state index in [2.05, 4.69) is 40.7 Å². The molecule has 0 saturated heterocycles. The van der Waals surface area contributed by atoms with Crippen LogP contribution in [0.4, 0.5) is 4.79 Å². The molecule has 2 N–H and O–H groups in total. The highest BCUT2D eigenvalue weighted by Crippen LogP contribution is 2.67. The predicted octanol–water partition coefficient (Wildman–Crippen LogP) is 8.93. The van der Waals surface area contributed by atoms with E-state index in [1.807, 2.05) is 0 Å². The molecule has 0 bridgehead atoms. The molecule has 3 fully saturated rings. The van der Waals surface area contributed by atoms with Crippen molar-refractivity contribution in [3.05, 3.63) is 11.6 Å². The van der Waals surface area contributed by atoms with Crippen LogP contribution in [-0.2, 0) is 0 Å². The average Bonchev–Trinajstić information content (AvgIpc) is 3.23. The molecule has 0 spiro atoms. The van der Waals surface area contributed by atoms with Gasteiger partial charge in [-0.2, -0.15) is 0 Å². The highest BCUT2D eigenvalue weighted by molar-refractivity contribution is 5.65. The predicted molar refractivity (Wildman–Crippen MR) is 157 cm³/mol. The zero-order chi connectivity index (χ0) is 27.5. The van der Waals surface area contributed by atoms with Crippen LogP contribution in [0.3, 0.4) is 0 Å². The van der Waals surface area contributed by atoms with Crippen molar-refractivity contribution in [1.82, 2.24) is 4.90 Å². The summed E-state index contributed by atoms with van der Waals surface area (Å²) < 4.78 is 0. The lowest BCUT2D eigenvalue weighted by Crippen LogP contribution is -2.52. The Morgan fingerprint density at radius 2 is 1.74 bits per heavy atom. The number of hydrogen-bond donors (Lipinski definition) is 2. The smallest absolute Gasteiger partial charge is 0.407 e. The van der Waals surface area contributed by atoms with Gasteiger partial charge in [0.2, 0.25) is 0 Å². The highest BCUT2D eigenvalue weighted by Gasteiger charge is 2.59. The van der Waals surface area contributed by atoms with Crippen LogP contribution in [-0.4, -0.2) is 40.4 Å².